The average molecular weight is 281 g/mol. The Labute approximate surface area is 119 Å². The highest BCUT2D eigenvalue weighted by molar-refractivity contribution is 5.77. The smallest absolute Gasteiger partial charge is 0.306 e. The van der Waals surface area contributed by atoms with Gasteiger partial charge in [-0.15, -0.1) is 13.2 Å². The highest BCUT2D eigenvalue weighted by Crippen LogP contribution is 2.26. The number of carbonyl (C=O) groups is 2. The first kappa shape index (κ1) is 16.4. The molecule has 5 nitrogen and oxygen atoms in total. The second kappa shape index (κ2) is 8.53. The lowest BCUT2D eigenvalue weighted by atomic mass is 9.87. The number of hydrogen-bond donors (Lipinski definition) is 1. The molecule has 20 heavy (non-hydrogen) atoms. The molecule has 0 atom stereocenters. The van der Waals surface area contributed by atoms with Crippen LogP contribution in [0.1, 0.15) is 25.7 Å². The number of carbonyl (C=O) groups excluding carboxylic acids is 1. The molecule has 0 radical (unpaired) electrons. The fourth-order valence-corrected chi connectivity index (χ4v) is 2.35. The normalized spacial score (nSPS) is 22.0. The second-order valence-electron chi connectivity index (χ2n) is 5.00. The molecule has 0 aromatic carbocycles. The van der Waals surface area contributed by atoms with Crippen LogP contribution in [0.3, 0.4) is 0 Å². The van der Waals surface area contributed by atoms with Gasteiger partial charge in [0.2, 0.25) is 5.91 Å². The van der Waals surface area contributed by atoms with E-state index in [0.717, 1.165) is 0 Å². The van der Waals surface area contributed by atoms with E-state index in [-0.39, 0.29) is 24.5 Å². The summed E-state index contributed by atoms with van der Waals surface area (Å²) < 4.78 is 5.59. The molecule has 0 aromatic rings. The fourth-order valence-electron chi connectivity index (χ4n) is 2.35. The molecular formula is C15H23NO4. The molecule has 5 heteroatoms. The summed E-state index contributed by atoms with van der Waals surface area (Å²) in [5.41, 5.74) is 0. The van der Waals surface area contributed by atoms with E-state index in [1.165, 1.54) is 0 Å². The lowest BCUT2D eigenvalue weighted by Crippen LogP contribution is -2.36. The van der Waals surface area contributed by atoms with Gasteiger partial charge in [0.05, 0.1) is 12.0 Å². The van der Waals surface area contributed by atoms with E-state index in [0.29, 0.717) is 38.8 Å². The van der Waals surface area contributed by atoms with E-state index in [4.69, 9.17) is 9.84 Å². The topological polar surface area (TPSA) is 66.8 Å². The number of nitrogens with zero attached hydrogens (tertiary/aromatic N) is 1. The first-order chi connectivity index (χ1) is 9.58. The minimum atomic E-state index is -0.734. The van der Waals surface area contributed by atoms with Crippen LogP contribution < -0.4 is 0 Å². The summed E-state index contributed by atoms with van der Waals surface area (Å²) in [7, 11) is 0. The van der Waals surface area contributed by atoms with Crippen molar-refractivity contribution >= 4 is 11.9 Å². The molecule has 1 N–H and O–H groups in total. The van der Waals surface area contributed by atoms with Crippen LogP contribution in [0.2, 0.25) is 0 Å². The zero-order valence-electron chi connectivity index (χ0n) is 11.8. The maximum atomic E-state index is 11.9. The van der Waals surface area contributed by atoms with E-state index in [9.17, 15) is 9.59 Å². The van der Waals surface area contributed by atoms with Crippen LogP contribution in [0.25, 0.3) is 0 Å². The highest BCUT2D eigenvalue weighted by atomic mass is 16.5. The van der Waals surface area contributed by atoms with Crippen molar-refractivity contribution in [3.05, 3.63) is 25.3 Å². The summed E-state index contributed by atoms with van der Waals surface area (Å²) in [6, 6.07) is 0. The second-order valence-corrected chi connectivity index (χ2v) is 5.00. The van der Waals surface area contributed by atoms with Crippen molar-refractivity contribution in [1.82, 2.24) is 4.90 Å². The predicted molar refractivity (Wildman–Crippen MR) is 76.3 cm³/mol. The van der Waals surface area contributed by atoms with Gasteiger partial charge >= 0.3 is 5.97 Å². The fraction of sp³-hybridized carbons (Fsp3) is 0.600. The molecule has 1 aliphatic carbocycles. The van der Waals surface area contributed by atoms with Gasteiger partial charge in [-0.05, 0) is 25.7 Å². The molecule has 1 saturated carbocycles. The number of carboxylic acids is 1. The van der Waals surface area contributed by atoms with Crippen molar-refractivity contribution in [2.24, 2.45) is 5.92 Å². The molecule has 0 heterocycles. The Kier molecular flexibility index (Phi) is 7.01. The zero-order valence-corrected chi connectivity index (χ0v) is 11.8. The van der Waals surface area contributed by atoms with Gasteiger partial charge < -0.3 is 14.7 Å². The van der Waals surface area contributed by atoms with Crippen LogP contribution >= 0.6 is 0 Å². The lowest BCUT2D eigenvalue weighted by molar-refractivity contribution is -0.145. The summed E-state index contributed by atoms with van der Waals surface area (Å²) in [4.78, 5) is 24.4. The van der Waals surface area contributed by atoms with Crippen LogP contribution in [-0.4, -0.2) is 47.7 Å². The van der Waals surface area contributed by atoms with E-state index in [1.807, 2.05) is 0 Å². The van der Waals surface area contributed by atoms with Gasteiger partial charge in [-0.2, -0.15) is 0 Å². The molecule has 1 rings (SSSR count). The van der Waals surface area contributed by atoms with Crippen LogP contribution in [0.15, 0.2) is 25.3 Å². The van der Waals surface area contributed by atoms with Gasteiger partial charge in [0.15, 0.2) is 0 Å². The third-order valence-electron chi connectivity index (χ3n) is 3.52. The number of rotatable bonds is 8. The van der Waals surface area contributed by atoms with Crippen molar-refractivity contribution in [2.45, 2.75) is 31.8 Å². The summed E-state index contributed by atoms with van der Waals surface area (Å²) in [5.74, 6) is -1.09. The van der Waals surface area contributed by atoms with Gasteiger partial charge in [0.25, 0.3) is 0 Å². The monoisotopic (exact) mass is 281 g/mol. The molecule has 0 unspecified atom stereocenters. The molecule has 0 saturated heterocycles. The Morgan fingerprint density at radius 2 is 1.70 bits per heavy atom. The van der Waals surface area contributed by atoms with E-state index >= 15 is 0 Å². The molecular weight excluding hydrogens is 258 g/mol. The average Bonchev–Trinajstić information content (AvgIpc) is 2.45. The predicted octanol–water partition coefficient (Wildman–Crippen LogP) is 1.85. The van der Waals surface area contributed by atoms with Crippen LogP contribution in [0.5, 0.6) is 0 Å². The molecule has 0 bridgehead atoms. The lowest BCUT2D eigenvalue weighted by Gasteiger charge is -2.27. The van der Waals surface area contributed by atoms with Crippen LogP contribution in [-0.2, 0) is 14.3 Å². The number of hydrogen-bond acceptors (Lipinski definition) is 3. The maximum Gasteiger partial charge on any atom is 0.306 e. The summed E-state index contributed by atoms with van der Waals surface area (Å²) in [5, 5.41) is 8.91. The largest absolute Gasteiger partial charge is 0.481 e. The number of carboxylic acid groups (broad SMARTS) is 1. The Morgan fingerprint density at radius 1 is 1.15 bits per heavy atom. The molecule has 1 fully saturated rings. The Balaban J connectivity index is 2.32. The summed E-state index contributed by atoms with van der Waals surface area (Å²) in [6.07, 6.45) is 5.97. The molecule has 1 aliphatic rings. The van der Waals surface area contributed by atoms with E-state index < -0.39 is 5.97 Å². The molecule has 0 aromatic heterocycles. The van der Waals surface area contributed by atoms with E-state index in [2.05, 4.69) is 13.2 Å². The van der Waals surface area contributed by atoms with Gasteiger partial charge in [-0.25, -0.2) is 0 Å². The summed E-state index contributed by atoms with van der Waals surface area (Å²) >= 11 is 0. The van der Waals surface area contributed by atoms with Gasteiger partial charge in [0.1, 0.15) is 6.61 Å². The van der Waals surface area contributed by atoms with Gasteiger partial charge in [-0.1, -0.05) is 12.2 Å². The number of amides is 1. The van der Waals surface area contributed by atoms with Crippen molar-refractivity contribution in [1.29, 1.82) is 0 Å². The Morgan fingerprint density at radius 3 is 2.15 bits per heavy atom. The van der Waals surface area contributed by atoms with Crippen molar-refractivity contribution in [2.75, 3.05) is 19.7 Å². The molecule has 112 valence electrons. The zero-order chi connectivity index (χ0) is 15.0. The van der Waals surface area contributed by atoms with E-state index in [1.54, 1.807) is 17.1 Å². The molecule has 0 spiro atoms. The number of ether oxygens (including phenoxy) is 1. The summed E-state index contributed by atoms with van der Waals surface area (Å²) in [6.45, 7) is 8.21. The van der Waals surface area contributed by atoms with Gasteiger partial charge in [-0.3, -0.25) is 9.59 Å². The van der Waals surface area contributed by atoms with Crippen molar-refractivity contribution in [3.8, 4) is 0 Å². The molecule has 1 amide bonds. The van der Waals surface area contributed by atoms with Crippen LogP contribution in [0.4, 0.5) is 0 Å². The first-order valence-corrected chi connectivity index (χ1v) is 6.92. The Hall–Kier alpha value is -1.62. The minimum Gasteiger partial charge on any atom is -0.481 e. The molecule has 0 aliphatic heterocycles. The SMILES string of the molecule is C=CCN(CC=C)C(=O)COC1CCC(C(=O)O)CC1. The van der Waals surface area contributed by atoms with Crippen molar-refractivity contribution < 1.29 is 19.4 Å². The number of aliphatic carboxylic acids is 1. The highest BCUT2D eigenvalue weighted by Gasteiger charge is 2.26. The van der Waals surface area contributed by atoms with Crippen LogP contribution in [0, 0.1) is 5.92 Å². The first-order valence-electron chi connectivity index (χ1n) is 6.92. The standard InChI is InChI=1S/C15H23NO4/c1-3-9-16(10-4-2)14(17)11-20-13-7-5-12(6-8-13)15(18)19/h3-4,12-13H,1-2,5-11H2,(H,18,19). The third-order valence-corrected chi connectivity index (χ3v) is 3.52. The maximum absolute atomic E-state index is 11.9. The van der Waals surface area contributed by atoms with Gasteiger partial charge in [0, 0.05) is 13.1 Å². The Bertz CT molecular complexity index is 349. The van der Waals surface area contributed by atoms with Crippen molar-refractivity contribution in [3.63, 3.8) is 0 Å². The minimum absolute atomic E-state index is 0.0103. The third kappa shape index (κ3) is 5.17. The quantitative estimate of drug-likeness (QED) is 0.689.